The van der Waals surface area contributed by atoms with Gasteiger partial charge in [-0.05, 0) is 18.9 Å². The fraction of sp³-hybridized carbons (Fsp3) is 0.364. The molecule has 0 bridgehead atoms. The van der Waals surface area contributed by atoms with Crippen LogP contribution in [-0.4, -0.2) is 19.5 Å². The summed E-state index contributed by atoms with van der Waals surface area (Å²) in [5.74, 6) is -0.490. The standard InChI is InChI=1S/C11H14NO3S/c1-3-10(16(12,14)15)11(13)9-7-5-4-6-8(9)2/h4-7,10,12H,3H2,1-2H3. The van der Waals surface area contributed by atoms with Crippen molar-refractivity contribution < 1.29 is 13.2 Å². The van der Waals surface area contributed by atoms with Gasteiger partial charge in [0.2, 0.25) is 10.0 Å². The molecule has 16 heavy (non-hydrogen) atoms. The lowest BCUT2D eigenvalue weighted by molar-refractivity contribution is 0.0984. The van der Waals surface area contributed by atoms with Crippen LogP contribution in [0.2, 0.25) is 0 Å². The molecule has 1 radical (unpaired) electrons. The second-order valence-corrected chi connectivity index (χ2v) is 5.28. The van der Waals surface area contributed by atoms with Crippen LogP contribution in [0.15, 0.2) is 24.3 Å². The van der Waals surface area contributed by atoms with Crippen LogP contribution in [0.3, 0.4) is 0 Å². The first-order valence-corrected chi connectivity index (χ1v) is 6.50. The summed E-state index contributed by atoms with van der Waals surface area (Å²) in [4.78, 5) is 11.9. The Balaban J connectivity index is 3.16. The average molecular weight is 240 g/mol. The highest BCUT2D eigenvalue weighted by atomic mass is 32.2. The van der Waals surface area contributed by atoms with Gasteiger partial charge < -0.3 is 0 Å². The van der Waals surface area contributed by atoms with Crippen molar-refractivity contribution in [3.63, 3.8) is 0 Å². The summed E-state index contributed by atoms with van der Waals surface area (Å²) in [5.41, 5.74) is 1.11. The van der Waals surface area contributed by atoms with E-state index in [1.54, 1.807) is 38.1 Å². The van der Waals surface area contributed by atoms with Crippen LogP contribution in [0.5, 0.6) is 0 Å². The number of aryl methyl sites for hydroxylation is 1. The molecule has 1 aromatic carbocycles. The van der Waals surface area contributed by atoms with Gasteiger partial charge in [-0.25, -0.2) is 8.42 Å². The van der Waals surface area contributed by atoms with Crippen molar-refractivity contribution >= 4 is 15.8 Å². The van der Waals surface area contributed by atoms with Crippen molar-refractivity contribution in [3.05, 3.63) is 35.4 Å². The second kappa shape index (κ2) is 4.76. The smallest absolute Gasteiger partial charge is 0.235 e. The normalized spacial score (nSPS) is 13.4. The van der Waals surface area contributed by atoms with Gasteiger partial charge in [0, 0.05) is 5.56 Å². The molecule has 1 unspecified atom stereocenters. The number of rotatable bonds is 4. The molecule has 0 aliphatic carbocycles. The molecule has 0 saturated heterocycles. The number of Topliss-reactive ketones (excluding diaryl/α,β-unsaturated/α-hetero) is 1. The second-order valence-electron chi connectivity index (χ2n) is 3.62. The summed E-state index contributed by atoms with van der Waals surface area (Å²) in [6, 6.07) is 6.80. The minimum absolute atomic E-state index is 0.124. The van der Waals surface area contributed by atoms with Crippen molar-refractivity contribution in [2.45, 2.75) is 25.5 Å². The fourth-order valence-corrected chi connectivity index (χ4v) is 2.42. The first-order valence-electron chi connectivity index (χ1n) is 4.96. The summed E-state index contributed by atoms with van der Waals surface area (Å²) in [5, 5.41) is 5.73. The summed E-state index contributed by atoms with van der Waals surface area (Å²) < 4.78 is 22.3. The molecule has 0 aliphatic heterocycles. The van der Waals surface area contributed by atoms with Crippen LogP contribution in [0.4, 0.5) is 0 Å². The van der Waals surface area contributed by atoms with Gasteiger partial charge in [-0.2, -0.15) is 0 Å². The average Bonchev–Trinajstić information content (AvgIpc) is 2.17. The third-order valence-electron chi connectivity index (χ3n) is 2.45. The van der Waals surface area contributed by atoms with E-state index in [1.807, 2.05) is 0 Å². The van der Waals surface area contributed by atoms with Gasteiger partial charge in [0.1, 0.15) is 5.25 Å². The van der Waals surface area contributed by atoms with E-state index in [-0.39, 0.29) is 6.42 Å². The molecule has 0 spiro atoms. The molecule has 1 atom stereocenters. The number of hydrogen-bond donors (Lipinski definition) is 0. The molecule has 0 fully saturated rings. The predicted molar refractivity (Wildman–Crippen MR) is 61.6 cm³/mol. The summed E-state index contributed by atoms with van der Waals surface area (Å²) in [6.45, 7) is 3.34. The molecule has 0 heterocycles. The lowest BCUT2D eigenvalue weighted by atomic mass is 10.0. The molecule has 0 saturated carbocycles. The Hall–Kier alpha value is -1.20. The van der Waals surface area contributed by atoms with Gasteiger partial charge in [0.15, 0.2) is 5.78 Å². The Bertz CT molecular complexity index is 494. The van der Waals surface area contributed by atoms with Crippen LogP contribution < -0.4 is 5.14 Å². The molecule has 0 aromatic heterocycles. The topological polar surface area (TPSA) is 75.0 Å². The molecule has 0 aliphatic rings. The van der Waals surface area contributed by atoms with Crippen LogP contribution >= 0.6 is 0 Å². The Morgan fingerprint density at radius 1 is 1.38 bits per heavy atom. The van der Waals surface area contributed by atoms with Crippen LogP contribution in [0.1, 0.15) is 29.3 Å². The van der Waals surface area contributed by atoms with Gasteiger partial charge in [0.25, 0.3) is 0 Å². The van der Waals surface area contributed by atoms with E-state index in [4.69, 9.17) is 5.14 Å². The molecule has 1 aromatic rings. The Kier molecular flexibility index (Phi) is 3.83. The van der Waals surface area contributed by atoms with Crippen LogP contribution in [-0.2, 0) is 10.0 Å². The SMILES string of the molecule is CCC(C(=O)c1ccccc1C)S([NH])(=O)=O. The monoisotopic (exact) mass is 240 g/mol. The molecular weight excluding hydrogens is 226 g/mol. The third kappa shape index (κ3) is 2.68. The number of carbonyl (C=O) groups excluding carboxylic acids is 1. The number of hydrogen-bond acceptors (Lipinski definition) is 3. The summed E-state index contributed by atoms with van der Waals surface area (Å²) in [7, 11) is -4.08. The number of ketones is 1. The highest BCUT2D eigenvalue weighted by molar-refractivity contribution is 7.90. The maximum absolute atomic E-state index is 11.9. The molecule has 5 heteroatoms. The van der Waals surface area contributed by atoms with E-state index >= 15 is 0 Å². The molecule has 1 N–H and O–H groups in total. The van der Waals surface area contributed by atoms with Crippen molar-refractivity contribution in [3.8, 4) is 0 Å². The minimum atomic E-state index is -4.08. The molecular formula is C11H14NO3S. The van der Waals surface area contributed by atoms with Gasteiger partial charge in [-0.3, -0.25) is 4.79 Å². The van der Waals surface area contributed by atoms with Crippen LogP contribution in [0.25, 0.3) is 0 Å². The van der Waals surface area contributed by atoms with Crippen LogP contribution in [0, 0.1) is 6.92 Å². The van der Waals surface area contributed by atoms with E-state index in [2.05, 4.69) is 0 Å². The molecule has 0 amide bonds. The fourth-order valence-electron chi connectivity index (χ4n) is 1.57. The number of benzene rings is 1. The van der Waals surface area contributed by atoms with Crippen molar-refractivity contribution in [1.82, 2.24) is 5.14 Å². The zero-order chi connectivity index (χ0) is 12.3. The lowest BCUT2D eigenvalue weighted by Crippen LogP contribution is -2.30. The van der Waals surface area contributed by atoms with E-state index in [0.717, 1.165) is 5.56 Å². The van der Waals surface area contributed by atoms with Gasteiger partial charge >= 0.3 is 0 Å². The number of nitrogens with one attached hydrogen (secondary N) is 1. The Labute approximate surface area is 95.5 Å². The zero-order valence-corrected chi connectivity index (χ0v) is 10.0. The van der Waals surface area contributed by atoms with E-state index < -0.39 is 21.1 Å². The molecule has 1 rings (SSSR count). The first kappa shape index (κ1) is 12.9. The van der Waals surface area contributed by atoms with Crippen molar-refractivity contribution in [1.29, 1.82) is 0 Å². The van der Waals surface area contributed by atoms with Gasteiger partial charge in [-0.1, -0.05) is 31.2 Å². The lowest BCUT2D eigenvalue weighted by Gasteiger charge is -2.12. The number of sulfonamides is 1. The van der Waals surface area contributed by atoms with E-state index in [1.165, 1.54) is 0 Å². The molecule has 87 valence electrons. The van der Waals surface area contributed by atoms with Crippen molar-refractivity contribution in [2.24, 2.45) is 0 Å². The number of carbonyl (C=O) groups is 1. The van der Waals surface area contributed by atoms with E-state index in [9.17, 15) is 13.2 Å². The van der Waals surface area contributed by atoms with Gasteiger partial charge in [0.05, 0.1) is 0 Å². The highest BCUT2D eigenvalue weighted by Gasteiger charge is 2.29. The van der Waals surface area contributed by atoms with Gasteiger partial charge in [-0.15, -0.1) is 5.14 Å². The summed E-state index contributed by atoms with van der Waals surface area (Å²) in [6.07, 6.45) is 0.124. The van der Waals surface area contributed by atoms with E-state index in [0.29, 0.717) is 5.56 Å². The Morgan fingerprint density at radius 3 is 2.38 bits per heavy atom. The first-order chi connectivity index (χ1) is 7.38. The quantitative estimate of drug-likeness (QED) is 0.749. The maximum Gasteiger partial charge on any atom is 0.235 e. The van der Waals surface area contributed by atoms with Crippen molar-refractivity contribution in [2.75, 3.05) is 0 Å². The minimum Gasteiger partial charge on any atom is -0.293 e. The highest BCUT2D eigenvalue weighted by Crippen LogP contribution is 2.15. The molecule has 4 nitrogen and oxygen atoms in total. The third-order valence-corrected chi connectivity index (χ3v) is 3.74. The predicted octanol–water partition coefficient (Wildman–Crippen LogP) is 1.57. The maximum atomic E-state index is 11.9. The zero-order valence-electron chi connectivity index (χ0n) is 9.23. The largest absolute Gasteiger partial charge is 0.293 e. The Morgan fingerprint density at radius 2 is 1.94 bits per heavy atom. The summed E-state index contributed by atoms with van der Waals surface area (Å²) >= 11 is 0.